The van der Waals surface area contributed by atoms with Gasteiger partial charge >= 0.3 is 12.0 Å². The summed E-state index contributed by atoms with van der Waals surface area (Å²) in [5, 5.41) is 8.71. The molecule has 1 aliphatic carbocycles. The second-order valence-electron chi connectivity index (χ2n) is 3.02. The number of rotatable bonds is 2. The summed E-state index contributed by atoms with van der Waals surface area (Å²) in [4.78, 5) is 15.0. The van der Waals surface area contributed by atoms with Gasteiger partial charge in [-0.25, -0.2) is 4.79 Å². The number of aromatic nitrogens is 2. The van der Waals surface area contributed by atoms with E-state index in [4.69, 9.17) is 4.52 Å². The van der Waals surface area contributed by atoms with Crippen LogP contribution in [0.25, 0.3) is 0 Å². The molecule has 2 N–H and O–H groups in total. The van der Waals surface area contributed by atoms with Gasteiger partial charge < -0.3 is 9.84 Å². The quantitative estimate of drug-likeness (QED) is 0.704. The molecule has 0 atom stereocenters. The third-order valence-corrected chi connectivity index (χ3v) is 1.66. The summed E-state index contributed by atoms with van der Waals surface area (Å²) in [5.74, 6) is 0.502. The van der Waals surface area contributed by atoms with Gasteiger partial charge in [-0.2, -0.15) is 4.98 Å². The lowest BCUT2D eigenvalue weighted by atomic mass is 10.7. The van der Waals surface area contributed by atoms with Gasteiger partial charge in [-0.15, -0.1) is 0 Å². The molecule has 0 bridgehead atoms. The number of carbonyl (C=O) groups is 1. The fourth-order valence-corrected chi connectivity index (χ4v) is 0.894. The van der Waals surface area contributed by atoms with Crippen LogP contribution in [0.5, 0.6) is 0 Å². The van der Waals surface area contributed by atoms with Gasteiger partial charge in [-0.3, -0.25) is 5.32 Å². The zero-order valence-corrected chi connectivity index (χ0v) is 7.20. The second-order valence-corrected chi connectivity index (χ2v) is 3.02. The molecule has 1 aromatic heterocycles. The summed E-state index contributed by atoms with van der Waals surface area (Å²) in [6.07, 6.45) is 2.10. The Balaban J connectivity index is 1.85. The second kappa shape index (κ2) is 3.04. The molecule has 2 amide bonds. The first-order valence-electron chi connectivity index (χ1n) is 4.12. The average molecular weight is 182 g/mol. The Labute approximate surface area is 74.7 Å². The van der Waals surface area contributed by atoms with Gasteiger partial charge in [0.2, 0.25) is 0 Å². The van der Waals surface area contributed by atoms with Crippen molar-refractivity contribution in [2.75, 3.05) is 5.32 Å². The minimum atomic E-state index is -0.286. The number of hydrogen-bond donors (Lipinski definition) is 2. The predicted molar refractivity (Wildman–Crippen MR) is 44.2 cm³/mol. The van der Waals surface area contributed by atoms with Crippen molar-refractivity contribution in [3.63, 3.8) is 0 Å². The van der Waals surface area contributed by atoms with Crippen LogP contribution in [0.1, 0.15) is 18.7 Å². The smallest absolute Gasteiger partial charge is 0.329 e. The minimum Gasteiger partial charge on any atom is -0.335 e. The van der Waals surface area contributed by atoms with Crippen molar-refractivity contribution < 1.29 is 9.32 Å². The molecule has 0 saturated heterocycles. The van der Waals surface area contributed by atoms with Crippen molar-refractivity contribution in [3.8, 4) is 0 Å². The van der Waals surface area contributed by atoms with E-state index in [2.05, 4.69) is 20.8 Å². The zero-order valence-electron chi connectivity index (χ0n) is 7.20. The van der Waals surface area contributed by atoms with Crippen molar-refractivity contribution >= 4 is 12.0 Å². The molecule has 1 heterocycles. The number of hydrogen-bond acceptors (Lipinski definition) is 4. The molecular formula is C7H10N4O2. The van der Waals surface area contributed by atoms with E-state index in [1.54, 1.807) is 6.92 Å². The van der Waals surface area contributed by atoms with Crippen LogP contribution in [-0.4, -0.2) is 22.2 Å². The predicted octanol–water partition coefficient (Wildman–Crippen LogP) is 0.662. The molecule has 1 saturated carbocycles. The van der Waals surface area contributed by atoms with Crippen molar-refractivity contribution in [1.29, 1.82) is 0 Å². The van der Waals surface area contributed by atoms with Gasteiger partial charge in [0.15, 0.2) is 5.82 Å². The third-order valence-electron chi connectivity index (χ3n) is 1.66. The van der Waals surface area contributed by atoms with Crippen LogP contribution in [0.3, 0.4) is 0 Å². The molecule has 0 spiro atoms. The molecule has 0 aromatic carbocycles. The van der Waals surface area contributed by atoms with Gasteiger partial charge in [0, 0.05) is 6.04 Å². The van der Waals surface area contributed by atoms with Crippen LogP contribution in [0.4, 0.5) is 10.8 Å². The third kappa shape index (κ3) is 2.17. The Bertz CT molecular complexity index is 318. The lowest BCUT2D eigenvalue weighted by Crippen LogP contribution is -2.30. The largest absolute Gasteiger partial charge is 0.335 e. The van der Waals surface area contributed by atoms with Crippen LogP contribution < -0.4 is 10.6 Å². The Morgan fingerprint density at radius 1 is 1.62 bits per heavy atom. The van der Waals surface area contributed by atoms with E-state index in [1.807, 2.05) is 0 Å². The maximum atomic E-state index is 11.1. The van der Waals surface area contributed by atoms with Gasteiger partial charge in [-0.05, 0) is 19.8 Å². The van der Waals surface area contributed by atoms with E-state index < -0.39 is 0 Å². The van der Waals surface area contributed by atoms with E-state index >= 15 is 0 Å². The first-order valence-corrected chi connectivity index (χ1v) is 4.12. The summed E-state index contributed by atoms with van der Waals surface area (Å²) in [6, 6.07) is 0.172. The number of nitrogens with zero attached hydrogens (tertiary/aromatic N) is 2. The molecule has 2 rings (SSSR count). The van der Waals surface area contributed by atoms with Gasteiger partial charge in [0.1, 0.15) is 0 Å². The highest BCUT2D eigenvalue weighted by Crippen LogP contribution is 2.18. The summed E-state index contributed by atoms with van der Waals surface area (Å²) < 4.78 is 4.70. The maximum absolute atomic E-state index is 11.1. The zero-order chi connectivity index (χ0) is 9.26. The number of nitrogens with one attached hydrogen (secondary N) is 2. The Hall–Kier alpha value is -1.59. The van der Waals surface area contributed by atoms with Gasteiger partial charge in [0.05, 0.1) is 0 Å². The van der Waals surface area contributed by atoms with E-state index in [-0.39, 0.29) is 12.0 Å². The highest BCUT2D eigenvalue weighted by Gasteiger charge is 2.23. The van der Waals surface area contributed by atoms with E-state index in [1.165, 1.54) is 0 Å². The Kier molecular flexibility index (Phi) is 1.88. The maximum Gasteiger partial charge on any atom is 0.329 e. The first-order chi connectivity index (χ1) is 6.24. The van der Waals surface area contributed by atoms with Gasteiger partial charge in [0.25, 0.3) is 0 Å². The van der Waals surface area contributed by atoms with E-state index in [9.17, 15) is 4.79 Å². The number of anilines is 1. The molecule has 6 nitrogen and oxygen atoms in total. The monoisotopic (exact) mass is 182 g/mol. The van der Waals surface area contributed by atoms with E-state index in [0.29, 0.717) is 11.9 Å². The van der Waals surface area contributed by atoms with Crippen molar-refractivity contribution in [1.82, 2.24) is 15.5 Å². The van der Waals surface area contributed by atoms with Crippen molar-refractivity contribution in [2.24, 2.45) is 0 Å². The fraction of sp³-hybridized carbons (Fsp3) is 0.571. The number of urea groups is 1. The highest BCUT2D eigenvalue weighted by molar-refractivity contribution is 5.87. The standard InChI is InChI=1S/C7H10N4O2/c1-4-8-7(13-11-4)10-6(12)9-5-2-3-5/h5H,2-3H2,1H3,(H2,8,9,10,11,12). The molecule has 0 aliphatic heterocycles. The van der Waals surface area contributed by atoms with Crippen LogP contribution in [-0.2, 0) is 0 Å². The molecule has 1 aliphatic rings. The average Bonchev–Trinajstić information content (AvgIpc) is 2.76. The lowest BCUT2D eigenvalue weighted by molar-refractivity contribution is 0.250. The van der Waals surface area contributed by atoms with E-state index in [0.717, 1.165) is 12.8 Å². The minimum absolute atomic E-state index is 0.135. The summed E-state index contributed by atoms with van der Waals surface area (Å²) in [5.41, 5.74) is 0. The van der Waals surface area contributed by atoms with Crippen molar-refractivity contribution in [3.05, 3.63) is 5.82 Å². The Morgan fingerprint density at radius 3 is 2.92 bits per heavy atom. The summed E-state index contributed by atoms with van der Waals surface area (Å²) >= 11 is 0. The Morgan fingerprint density at radius 2 is 2.38 bits per heavy atom. The topological polar surface area (TPSA) is 80.0 Å². The molecule has 1 aromatic rings. The molecule has 1 fully saturated rings. The lowest BCUT2D eigenvalue weighted by Gasteiger charge is -2.00. The van der Waals surface area contributed by atoms with Crippen LogP contribution >= 0.6 is 0 Å². The van der Waals surface area contributed by atoms with Crippen LogP contribution in [0, 0.1) is 6.92 Å². The fourth-order valence-electron chi connectivity index (χ4n) is 0.894. The molecular weight excluding hydrogens is 172 g/mol. The number of carbonyl (C=O) groups excluding carboxylic acids is 1. The molecule has 70 valence electrons. The molecule has 6 heteroatoms. The van der Waals surface area contributed by atoms with Crippen LogP contribution in [0.2, 0.25) is 0 Å². The molecule has 13 heavy (non-hydrogen) atoms. The SMILES string of the molecule is Cc1noc(NC(=O)NC2CC2)n1. The van der Waals surface area contributed by atoms with Gasteiger partial charge in [-0.1, -0.05) is 5.16 Å². The highest BCUT2D eigenvalue weighted by atomic mass is 16.5. The summed E-state index contributed by atoms with van der Waals surface area (Å²) in [7, 11) is 0. The number of aryl methyl sites for hydroxylation is 1. The molecule has 0 radical (unpaired) electrons. The number of amides is 2. The van der Waals surface area contributed by atoms with Crippen molar-refractivity contribution in [2.45, 2.75) is 25.8 Å². The normalized spacial score (nSPS) is 15.5. The molecule has 0 unspecified atom stereocenters. The first kappa shape index (κ1) is 8.03. The van der Waals surface area contributed by atoms with Crippen LogP contribution in [0.15, 0.2) is 4.52 Å². The summed E-state index contributed by atoms with van der Waals surface area (Å²) in [6.45, 7) is 1.69.